The van der Waals surface area contributed by atoms with Crippen LogP contribution in [0.4, 0.5) is 26.4 Å². The molecule has 6 heterocycles. The molecular weight excluding hydrogens is 432 g/mol. The molecule has 0 unspecified atom stereocenters. The van der Waals surface area contributed by atoms with E-state index in [0.717, 1.165) is 51.8 Å². The Balaban J connectivity index is 1.31. The first-order chi connectivity index (χ1) is 16.0. The number of aromatic nitrogens is 3. The predicted octanol–water partition coefficient (Wildman–Crippen LogP) is 1.84. The monoisotopic (exact) mass is 459 g/mol. The summed E-state index contributed by atoms with van der Waals surface area (Å²) in [5.74, 6) is 2.02. The van der Waals surface area contributed by atoms with Crippen LogP contribution < -0.4 is 20.3 Å². The van der Waals surface area contributed by atoms with E-state index in [-0.39, 0.29) is 11.6 Å². The van der Waals surface area contributed by atoms with E-state index in [2.05, 4.69) is 24.4 Å². The lowest BCUT2D eigenvalue weighted by Gasteiger charge is -2.43. The van der Waals surface area contributed by atoms with Crippen molar-refractivity contribution in [1.82, 2.24) is 19.9 Å². The fraction of sp³-hybridized carbons (Fsp3) is 0.591. The van der Waals surface area contributed by atoms with Gasteiger partial charge in [0.25, 0.3) is 0 Å². The number of nitrogens with zero attached hydrogens (tertiary/aromatic N) is 6. The van der Waals surface area contributed by atoms with Gasteiger partial charge in [-0.25, -0.2) is 9.97 Å². The van der Waals surface area contributed by atoms with E-state index < -0.39 is 6.61 Å². The van der Waals surface area contributed by atoms with Crippen molar-refractivity contribution < 1.29 is 18.3 Å². The number of rotatable bonds is 6. The van der Waals surface area contributed by atoms with Crippen LogP contribution in [0.15, 0.2) is 18.3 Å². The second-order valence-corrected chi connectivity index (χ2v) is 9.26. The summed E-state index contributed by atoms with van der Waals surface area (Å²) >= 11 is 0. The van der Waals surface area contributed by atoms with Crippen molar-refractivity contribution >= 4 is 17.6 Å². The Morgan fingerprint density at radius 1 is 1.06 bits per heavy atom. The van der Waals surface area contributed by atoms with Gasteiger partial charge in [-0.05, 0) is 24.8 Å². The maximum absolute atomic E-state index is 12.8. The average molecular weight is 460 g/mol. The Morgan fingerprint density at radius 2 is 1.85 bits per heavy atom. The molecule has 0 spiro atoms. The normalized spacial score (nSPS) is 25.3. The van der Waals surface area contributed by atoms with Crippen LogP contribution in [0.1, 0.15) is 12.8 Å². The number of nitrogens with two attached hydrogens (primary N) is 1. The largest absolute Gasteiger partial charge is 0.431 e. The molecule has 176 valence electrons. The topological polar surface area (TPSA) is 92.9 Å². The zero-order valence-corrected chi connectivity index (χ0v) is 18.2. The van der Waals surface area contributed by atoms with Crippen molar-refractivity contribution in [3.05, 3.63) is 18.3 Å². The molecule has 9 nitrogen and oxygen atoms in total. The van der Waals surface area contributed by atoms with Crippen molar-refractivity contribution in [2.24, 2.45) is 5.92 Å². The zero-order valence-electron chi connectivity index (χ0n) is 18.2. The van der Waals surface area contributed by atoms with Crippen molar-refractivity contribution in [2.45, 2.75) is 31.5 Å². The summed E-state index contributed by atoms with van der Waals surface area (Å²) in [6.07, 6.45) is 3.91. The van der Waals surface area contributed by atoms with Crippen molar-refractivity contribution in [3.63, 3.8) is 0 Å². The smallest absolute Gasteiger partial charge is 0.387 e. The van der Waals surface area contributed by atoms with Crippen LogP contribution in [0.3, 0.4) is 0 Å². The van der Waals surface area contributed by atoms with Gasteiger partial charge in [0.05, 0.1) is 24.9 Å². The van der Waals surface area contributed by atoms with Crippen molar-refractivity contribution in [1.29, 1.82) is 0 Å². The molecule has 5 aliphatic rings. The summed E-state index contributed by atoms with van der Waals surface area (Å²) in [5.41, 5.74) is 6.93. The molecule has 0 aromatic carbocycles. The predicted molar refractivity (Wildman–Crippen MR) is 119 cm³/mol. The number of piperazine rings is 1. The Bertz CT molecular complexity index is 1020. The van der Waals surface area contributed by atoms with Gasteiger partial charge in [0, 0.05) is 56.6 Å². The minimum Gasteiger partial charge on any atom is -0.431 e. The molecule has 2 bridgehead atoms. The van der Waals surface area contributed by atoms with E-state index in [9.17, 15) is 8.78 Å². The Morgan fingerprint density at radius 3 is 2.48 bits per heavy atom. The van der Waals surface area contributed by atoms with E-state index in [4.69, 9.17) is 20.4 Å². The van der Waals surface area contributed by atoms with E-state index in [1.54, 1.807) is 6.20 Å². The molecule has 5 fully saturated rings. The van der Waals surface area contributed by atoms with E-state index in [0.29, 0.717) is 35.2 Å². The number of ether oxygens (including phenoxy) is 2. The summed E-state index contributed by atoms with van der Waals surface area (Å²) in [4.78, 5) is 20.8. The molecule has 33 heavy (non-hydrogen) atoms. The number of nitrogen functional groups attached to an aromatic ring is 1. The number of pyridine rings is 1. The highest BCUT2D eigenvalue weighted by atomic mass is 19.3. The highest BCUT2D eigenvalue weighted by Gasteiger charge is 2.44. The molecule has 2 N–H and O–H groups in total. The first kappa shape index (κ1) is 20.8. The molecule has 0 amide bonds. The average Bonchev–Trinajstić information content (AvgIpc) is 3.36. The summed E-state index contributed by atoms with van der Waals surface area (Å²) in [7, 11) is 0. The Hall–Kier alpha value is -2.79. The van der Waals surface area contributed by atoms with Gasteiger partial charge < -0.3 is 25.0 Å². The van der Waals surface area contributed by atoms with Crippen molar-refractivity contribution in [2.75, 3.05) is 61.5 Å². The van der Waals surface area contributed by atoms with Crippen LogP contribution in [0, 0.1) is 5.92 Å². The van der Waals surface area contributed by atoms with Gasteiger partial charge in [-0.1, -0.05) is 0 Å². The number of alkyl halides is 2. The van der Waals surface area contributed by atoms with Gasteiger partial charge in [-0.2, -0.15) is 13.8 Å². The molecule has 1 aliphatic carbocycles. The van der Waals surface area contributed by atoms with Gasteiger partial charge in [0.1, 0.15) is 5.82 Å². The van der Waals surface area contributed by atoms with Gasteiger partial charge in [0.2, 0.25) is 5.95 Å². The van der Waals surface area contributed by atoms with Gasteiger partial charge in [-0.15, -0.1) is 0 Å². The molecule has 0 atom stereocenters. The molecular formula is C22H27F2N7O2. The Kier molecular flexibility index (Phi) is 5.17. The third kappa shape index (κ3) is 3.93. The fourth-order valence-corrected chi connectivity index (χ4v) is 5.17. The van der Waals surface area contributed by atoms with Gasteiger partial charge in [0.15, 0.2) is 11.6 Å². The number of halogens is 2. The second kappa shape index (κ2) is 8.21. The summed E-state index contributed by atoms with van der Waals surface area (Å²) in [6, 6.07) is 4.39. The molecule has 7 rings (SSSR count). The molecule has 0 radical (unpaired) electrons. The lowest BCUT2D eigenvalue weighted by atomic mass is 9.86. The van der Waals surface area contributed by atoms with E-state index in [1.165, 1.54) is 18.9 Å². The third-order valence-electron chi connectivity index (χ3n) is 7.23. The van der Waals surface area contributed by atoms with Crippen LogP contribution in [0.25, 0.3) is 11.3 Å². The van der Waals surface area contributed by atoms with Crippen LogP contribution in [0.2, 0.25) is 0 Å². The lowest BCUT2D eigenvalue weighted by Crippen LogP contribution is -2.56. The molecule has 2 aromatic rings. The minimum absolute atomic E-state index is 0.0787. The quantitative estimate of drug-likeness (QED) is 0.695. The number of hydrogen-bond acceptors (Lipinski definition) is 9. The molecule has 11 heteroatoms. The summed E-state index contributed by atoms with van der Waals surface area (Å²) in [6.45, 7) is 3.23. The van der Waals surface area contributed by atoms with Gasteiger partial charge >= 0.3 is 6.61 Å². The Labute approximate surface area is 190 Å². The highest BCUT2D eigenvalue weighted by molar-refractivity contribution is 5.68. The third-order valence-corrected chi connectivity index (χ3v) is 7.23. The minimum atomic E-state index is -2.98. The maximum Gasteiger partial charge on any atom is 0.387 e. The van der Waals surface area contributed by atoms with Crippen LogP contribution in [0.5, 0.6) is 5.75 Å². The van der Waals surface area contributed by atoms with Gasteiger partial charge in [-0.3, -0.25) is 4.90 Å². The highest BCUT2D eigenvalue weighted by Crippen LogP contribution is 2.43. The maximum atomic E-state index is 12.8. The lowest BCUT2D eigenvalue weighted by molar-refractivity contribution is -0.0661. The van der Waals surface area contributed by atoms with Crippen LogP contribution >= 0.6 is 0 Å². The standard InChI is InChI=1S/C22H27F2N7O2/c23-21(24)33-18-7-14(9-26-20(18)25)17-8-19(28-22(27-17)31-10-13-5-15(31)6-13)30-3-1-29(2-4-30)16-11-32-12-16/h7-9,13,15-16,21H,1-6,10-12H2,(H2,25,26). The number of hydrogen-bond donors (Lipinski definition) is 1. The van der Waals surface area contributed by atoms with Crippen LogP contribution in [-0.4, -0.2) is 84.5 Å². The summed E-state index contributed by atoms with van der Waals surface area (Å²) < 4.78 is 35.5. The zero-order chi connectivity index (χ0) is 22.5. The fourth-order valence-electron chi connectivity index (χ4n) is 5.17. The van der Waals surface area contributed by atoms with Crippen LogP contribution in [-0.2, 0) is 4.74 Å². The summed E-state index contributed by atoms with van der Waals surface area (Å²) in [5, 5.41) is 0. The molecule has 4 aliphatic heterocycles. The molecule has 1 saturated carbocycles. The number of anilines is 3. The first-order valence-electron chi connectivity index (χ1n) is 11.5. The second-order valence-electron chi connectivity index (χ2n) is 9.26. The molecule has 4 saturated heterocycles. The van der Waals surface area contributed by atoms with Crippen molar-refractivity contribution in [3.8, 4) is 17.0 Å². The van der Waals surface area contributed by atoms with E-state index in [1.807, 2.05) is 6.07 Å². The number of fused-ring (bicyclic) bond motifs is 1. The molecule has 2 aromatic heterocycles. The first-order valence-corrected chi connectivity index (χ1v) is 11.5. The van der Waals surface area contributed by atoms with E-state index >= 15 is 0 Å². The SMILES string of the molecule is Nc1ncc(-c2cc(N3CCN(C4COC4)CC3)nc(N3CC4CC3C4)n2)cc1OC(F)F.